The molecule has 2 aromatic heterocycles. The number of carbonyl (C=O) groups excluding carboxylic acids is 1. The number of aromatic amines is 1. The van der Waals surface area contributed by atoms with Crippen LogP contribution in [0.5, 0.6) is 0 Å². The Hall–Kier alpha value is -2.67. The van der Waals surface area contributed by atoms with Gasteiger partial charge in [0, 0.05) is 11.8 Å². The highest BCUT2D eigenvalue weighted by atomic mass is 35.5. The molecule has 106 valence electrons. The summed E-state index contributed by atoms with van der Waals surface area (Å²) in [6.45, 7) is 1.84. The van der Waals surface area contributed by atoms with Gasteiger partial charge in [-0.25, -0.2) is 4.68 Å². The van der Waals surface area contributed by atoms with Gasteiger partial charge < -0.3 is 5.32 Å². The number of benzene rings is 1. The van der Waals surface area contributed by atoms with E-state index in [1.54, 1.807) is 18.2 Å². The zero-order valence-corrected chi connectivity index (χ0v) is 11.8. The molecule has 0 atom stereocenters. The van der Waals surface area contributed by atoms with Crippen molar-refractivity contribution in [1.82, 2.24) is 25.2 Å². The number of para-hydroxylation sites is 1. The molecule has 8 heteroatoms. The number of halogens is 1. The molecule has 3 aromatic rings. The van der Waals surface area contributed by atoms with Crippen LogP contribution in [0.1, 0.15) is 16.2 Å². The summed E-state index contributed by atoms with van der Waals surface area (Å²) in [5, 5.41) is 17.6. The maximum absolute atomic E-state index is 12.0. The van der Waals surface area contributed by atoms with Crippen molar-refractivity contribution < 1.29 is 4.79 Å². The number of carbonyl (C=O) groups is 1. The second-order valence-electron chi connectivity index (χ2n) is 4.39. The molecule has 0 bridgehead atoms. The molecule has 0 spiro atoms. The molecule has 0 unspecified atom stereocenters. The van der Waals surface area contributed by atoms with Gasteiger partial charge in [-0.1, -0.05) is 28.9 Å². The van der Waals surface area contributed by atoms with Crippen molar-refractivity contribution in [2.45, 2.75) is 6.92 Å². The van der Waals surface area contributed by atoms with Crippen molar-refractivity contribution in [2.24, 2.45) is 0 Å². The van der Waals surface area contributed by atoms with Gasteiger partial charge in [0.25, 0.3) is 5.91 Å². The molecule has 0 fully saturated rings. The van der Waals surface area contributed by atoms with Crippen molar-refractivity contribution >= 4 is 23.3 Å². The molecule has 2 N–H and O–H groups in total. The molecular formula is C13H11ClN6O. The Morgan fingerprint density at radius 2 is 2.19 bits per heavy atom. The number of nitrogens with one attached hydrogen (secondary N) is 2. The highest BCUT2D eigenvalue weighted by molar-refractivity contribution is 6.32. The first kappa shape index (κ1) is 13.3. The molecule has 2 heterocycles. The van der Waals surface area contributed by atoms with E-state index in [1.807, 2.05) is 19.1 Å². The largest absolute Gasteiger partial charge is 0.304 e. The number of rotatable bonds is 3. The highest BCUT2D eigenvalue weighted by Crippen LogP contribution is 2.18. The van der Waals surface area contributed by atoms with Crippen LogP contribution in [-0.4, -0.2) is 31.1 Å². The summed E-state index contributed by atoms with van der Waals surface area (Å²) in [6.07, 6.45) is 1.51. The third kappa shape index (κ3) is 2.77. The first-order valence-corrected chi connectivity index (χ1v) is 6.52. The van der Waals surface area contributed by atoms with E-state index in [1.165, 1.54) is 10.9 Å². The van der Waals surface area contributed by atoms with Crippen LogP contribution in [0.4, 0.5) is 5.82 Å². The fourth-order valence-corrected chi connectivity index (χ4v) is 2.01. The zero-order chi connectivity index (χ0) is 14.8. The lowest BCUT2D eigenvalue weighted by molar-refractivity contribution is 0.102. The number of hydrogen-bond donors (Lipinski definition) is 2. The lowest BCUT2D eigenvalue weighted by atomic mass is 10.3. The molecular weight excluding hydrogens is 292 g/mol. The quantitative estimate of drug-likeness (QED) is 0.776. The Morgan fingerprint density at radius 3 is 2.90 bits per heavy atom. The minimum atomic E-state index is -0.389. The lowest BCUT2D eigenvalue weighted by Gasteiger charge is -2.01. The van der Waals surface area contributed by atoms with Gasteiger partial charge in [0.15, 0.2) is 11.5 Å². The maximum atomic E-state index is 12.0. The summed E-state index contributed by atoms with van der Waals surface area (Å²) in [5.74, 6) is 0.0459. The van der Waals surface area contributed by atoms with Gasteiger partial charge in [-0.3, -0.25) is 9.89 Å². The predicted octanol–water partition coefficient (Wildman–Crippen LogP) is 2.20. The van der Waals surface area contributed by atoms with Crippen molar-refractivity contribution in [3.63, 3.8) is 0 Å². The van der Waals surface area contributed by atoms with Crippen molar-refractivity contribution in [3.8, 4) is 5.69 Å². The maximum Gasteiger partial charge on any atom is 0.279 e. The smallest absolute Gasteiger partial charge is 0.279 e. The van der Waals surface area contributed by atoms with E-state index in [0.717, 1.165) is 5.69 Å². The van der Waals surface area contributed by atoms with Gasteiger partial charge in [0.1, 0.15) is 0 Å². The molecule has 0 aliphatic rings. The van der Waals surface area contributed by atoms with Crippen molar-refractivity contribution in [3.05, 3.63) is 52.9 Å². The Bertz CT molecular complexity index is 793. The van der Waals surface area contributed by atoms with Crippen LogP contribution in [0.3, 0.4) is 0 Å². The number of amides is 1. The van der Waals surface area contributed by atoms with Crippen LogP contribution in [0.15, 0.2) is 36.5 Å². The van der Waals surface area contributed by atoms with Gasteiger partial charge in [0.05, 0.1) is 16.9 Å². The van der Waals surface area contributed by atoms with E-state index >= 15 is 0 Å². The minimum absolute atomic E-state index is 0.176. The van der Waals surface area contributed by atoms with Crippen LogP contribution in [-0.2, 0) is 0 Å². The fraction of sp³-hybridized carbons (Fsp3) is 0.0769. The lowest BCUT2D eigenvalue weighted by Crippen LogP contribution is -2.12. The monoisotopic (exact) mass is 302 g/mol. The van der Waals surface area contributed by atoms with E-state index in [2.05, 4.69) is 25.8 Å². The summed E-state index contributed by atoms with van der Waals surface area (Å²) >= 11 is 6.08. The van der Waals surface area contributed by atoms with E-state index in [0.29, 0.717) is 16.5 Å². The average Bonchev–Trinajstić information content (AvgIpc) is 3.09. The molecule has 1 aromatic carbocycles. The molecule has 0 aliphatic heterocycles. The first-order chi connectivity index (χ1) is 10.1. The number of H-pyrrole nitrogens is 1. The Balaban J connectivity index is 1.82. The molecule has 21 heavy (non-hydrogen) atoms. The van der Waals surface area contributed by atoms with Crippen molar-refractivity contribution in [2.75, 3.05) is 5.32 Å². The average molecular weight is 303 g/mol. The minimum Gasteiger partial charge on any atom is -0.304 e. The van der Waals surface area contributed by atoms with E-state index < -0.39 is 0 Å². The van der Waals surface area contributed by atoms with Gasteiger partial charge in [-0.15, -0.1) is 5.10 Å². The fourth-order valence-electron chi connectivity index (χ4n) is 1.79. The summed E-state index contributed by atoms with van der Waals surface area (Å²) in [5.41, 5.74) is 1.68. The number of aromatic nitrogens is 5. The predicted molar refractivity (Wildman–Crippen MR) is 77.6 cm³/mol. The van der Waals surface area contributed by atoms with Gasteiger partial charge in [0.2, 0.25) is 0 Å². The van der Waals surface area contributed by atoms with Crippen LogP contribution in [0.25, 0.3) is 5.69 Å². The van der Waals surface area contributed by atoms with Gasteiger partial charge in [-0.05, 0) is 19.1 Å². The molecule has 7 nitrogen and oxygen atoms in total. The Kier molecular flexibility index (Phi) is 3.41. The molecule has 1 amide bonds. The summed E-state index contributed by atoms with van der Waals surface area (Å²) < 4.78 is 1.45. The number of hydrogen-bond acceptors (Lipinski definition) is 4. The normalized spacial score (nSPS) is 10.6. The van der Waals surface area contributed by atoms with E-state index in [9.17, 15) is 4.79 Å². The standard InChI is InChI=1S/C13H11ClN6O/c1-8-6-12(18-16-8)15-13(21)10-7-20(19-17-10)11-5-3-2-4-9(11)14/h2-7H,1H3,(H2,15,16,18,21). The molecule has 0 saturated carbocycles. The summed E-state index contributed by atoms with van der Waals surface area (Å²) in [7, 11) is 0. The van der Waals surface area contributed by atoms with Crippen LogP contribution in [0.2, 0.25) is 5.02 Å². The number of aryl methyl sites for hydroxylation is 1. The number of nitrogens with zero attached hydrogens (tertiary/aromatic N) is 4. The highest BCUT2D eigenvalue weighted by Gasteiger charge is 2.13. The molecule has 0 aliphatic carbocycles. The molecule has 0 saturated heterocycles. The van der Waals surface area contributed by atoms with E-state index in [4.69, 9.17) is 11.6 Å². The third-order valence-electron chi connectivity index (χ3n) is 2.77. The Labute approximate surface area is 124 Å². The van der Waals surface area contributed by atoms with Gasteiger partial charge in [-0.2, -0.15) is 5.10 Å². The van der Waals surface area contributed by atoms with Gasteiger partial charge >= 0.3 is 0 Å². The second kappa shape index (κ2) is 5.37. The van der Waals surface area contributed by atoms with E-state index in [-0.39, 0.29) is 11.6 Å². The van der Waals surface area contributed by atoms with Crippen LogP contribution in [0, 0.1) is 6.92 Å². The summed E-state index contributed by atoms with van der Waals surface area (Å²) in [6, 6.07) is 8.89. The number of anilines is 1. The second-order valence-corrected chi connectivity index (χ2v) is 4.80. The molecule has 3 rings (SSSR count). The Morgan fingerprint density at radius 1 is 1.38 bits per heavy atom. The third-order valence-corrected chi connectivity index (χ3v) is 3.09. The molecule has 0 radical (unpaired) electrons. The topological polar surface area (TPSA) is 88.5 Å². The summed E-state index contributed by atoms with van der Waals surface area (Å²) in [4.78, 5) is 12.0. The zero-order valence-electron chi connectivity index (χ0n) is 11.0. The van der Waals surface area contributed by atoms with Crippen LogP contribution >= 0.6 is 11.6 Å². The SMILES string of the molecule is Cc1cc(NC(=O)c2cn(-c3ccccc3Cl)nn2)n[nH]1. The van der Waals surface area contributed by atoms with Crippen molar-refractivity contribution in [1.29, 1.82) is 0 Å². The first-order valence-electron chi connectivity index (χ1n) is 6.14. The van der Waals surface area contributed by atoms with Crippen LogP contribution < -0.4 is 5.32 Å².